The number of carboxylic acids is 4. The summed E-state index contributed by atoms with van der Waals surface area (Å²) >= 11 is 0. The Kier molecular flexibility index (Phi) is 13.8. The van der Waals surface area contributed by atoms with E-state index >= 15 is 0 Å². The molecule has 0 radical (unpaired) electrons. The number of carbonyl (C=O) groups is 4. The van der Waals surface area contributed by atoms with Gasteiger partial charge in [0.25, 0.3) is 0 Å². The van der Waals surface area contributed by atoms with Crippen LogP contribution >= 0.6 is 0 Å². The van der Waals surface area contributed by atoms with Gasteiger partial charge in [-0.25, -0.2) is 0 Å². The molecule has 0 rings (SSSR count). The van der Waals surface area contributed by atoms with Crippen LogP contribution in [-0.2, 0) is 19.2 Å². The van der Waals surface area contributed by atoms with Crippen LogP contribution in [0.1, 0.15) is 27.7 Å². The van der Waals surface area contributed by atoms with E-state index in [1.807, 2.05) is 13.8 Å². The van der Waals surface area contributed by atoms with Crippen LogP contribution in [0.3, 0.4) is 0 Å². The zero-order valence-electron chi connectivity index (χ0n) is 16.6. The van der Waals surface area contributed by atoms with Gasteiger partial charge in [-0.05, 0) is 27.7 Å². The first-order chi connectivity index (χ1) is 12.7. The molecular weight excluding hydrogens is 376 g/mol. The summed E-state index contributed by atoms with van der Waals surface area (Å²) in [7, 11) is 0. The summed E-state index contributed by atoms with van der Waals surface area (Å²) < 4.78 is 0. The van der Waals surface area contributed by atoms with Crippen molar-refractivity contribution in [3.63, 3.8) is 0 Å². The highest BCUT2D eigenvalue weighted by atomic mass is 16.4. The second-order valence-corrected chi connectivity index (χ2v) is 6.58. The van der Waals surface area contributed by atoms with Gasteiger partial charge in [-0.1, -0.05) is 0 Å². The summed E-state index contributed by atoms with van der Waals surface area (Å²) in [4.78, 5) is 45.5. The van der Waals surface area contributed by atoms with Crippen LogP contribution < -0.4 is 11.5 Å². The summed E-state index contributed by atoms with van der Waals surface area (Å²) in [5.41, 5.74) is 10.6. The van der Waals surface area contributed by atoms with Crippen molar-refractivity contribution in [2.45, 2.75) is 51.9 Å². The lowest BCUT2D eigenvalue weighted by Gasteiger charge is -2.36. The Balaban J connectivity index is 0. The molecule has 0 fully saturated rings. The first-order valence-corrected chi connectivity index (χ1v) is 8.55. The molecule has 0 saturated carbocycles. The lowest BCUT2D eigenvalue weighted by molar-refractivity contribution is -0.147. The average Bonchev–Trinajstić information content (AvgIpc) is 2.50. The van der Waals surface area contributed by atoms with Crippen LogP contribution in [-0.4, -0.2) is 104 Å². The van der Waals surface area contributed by atoms with Crippen molar-refractivity contribution >= 4 is 23.9 Å². The van der Waals surface area contributed by atoms with Crippen LogP contribution in [0.25, 0.3) is 0 Å². The molecule has 0 amide bonds. The van der Waals surface area contributed by atoms with Gasteiger partial charge in [-0.2, -0.15) is 0 Å². The van der Waals surface area contributed by atoms with Gasteiger partial charge in [-0.15, -0.1) is 0 Å². The van der Waals surface area contributed by atoms with E-state index in [0.717, 1.165) is 9.80 Å². The molecule has 0 spiro atoms. The van der Waals surface area contributed by atoms with E-state index in [1.54, 1.807) is 0 Å². The van der Waals surface area contributed by atoms with E-state index in [0.29, 0.717) is 0 Å². The molecule has 0 aromatic carbocycles. The molecule has 12 nitrogen and oxygen atoms in total. The van der Waals surface area contributed by atoms with E-state index in [2.05, 4.69) is 0 Å². The Morgan fingerprint density at radius 2 is 0.786 bits per heavy atom. The molecule has 8 N–H and O–H groups in total. The van der Waals surface area contributed by atoms with Gasteiger partial charge >= 0.3 is 23.9 Å². The van der Waals surface area contributed by atoms with Crippen molar-refractivity contribution in [1.82, 2.24) is 9.80 Å². The summed E-state index contributed by atoms with van der Waals surface area (Å²) in [5, 5.41) is 35.3. The lowest BCUT2D eigenvalue weighted by atomic mass is 10.1. The Morgan fingerprint density at radius 1 is 0.607 bits per heavy atom. The van der Waals surface area contributed by atoms with Gasteiger partial charge in [0.2, 0.25) is 0 Å². The first kappa shape index (κ1) is 27.9. The fourth-order valence-corrected chi connectivity index (χ4v) is 1.99. The quantitative estimate of drug-likeness (QED) is 0.215. The molecule has 0 aromatic rings. The summed E-state index contributed by atoms with van der Waals surface area (Å²) in [6.07, 6.45) is 0. The Hall–Kier alpha value is -2.28. The zero-order chi connectivity index (χ0) is 22.6. The topological polar surface area (TPSA) is 208 Å². The van der Waals surface area contributed by atoms with Gasteiger partial charge < -0.3 is 31.9 Å². The predicted molar refractivity (Wildman–Crippen MR) is 99.9 cm³/mol. The second-order valence-electron chi connectivity index (χ2n) is 6.58. The summed E-state index contributed by atoms with van der Waals surface area (Å²) in [5.74, 6) is -4.93. The van der Waals surface area contributed by atoms with Crippen LogP contribution in [0, 0.1) is 0 Å². The number of hydrogen-bond acceptors (Lipinski definition) is 8. The molecular formula is C16H32N4O8. The lowest BCUT2D eigenvalue weighted by Crippen LogP contribution is -2.53. The first-order valence-electron chi connectivity index (χ1n) is 8.55. The highest BCUT2D eigenvalue weighted by molar-refractivity contribution is 5.73. The van der Waals surface area contributed by atoms with Crippen molar-refractivity contribution in [3.8, 4) is 0 Å². The van der Waals surface area contributed by atoms with E-state index in [-0.39, 0.29) is 12.1 Å². The van der Waals surface area contributed by atoms with Crippen molar-refractivity contribution in [3.05, 3.63) is 0 Å². The number of carboxylic acid groups (broad SMARTS) is 4. The molecule has 4 atom stereocenters. The van der Waals surface area contributed by atoms with E-state index < -0.39 is 62.1 Å². The Bertz CT molecular complexity index is 449. The van der Waals surface area contributed by atoms with Gasteiger partial charge in [-0.3, -0.25) is 29.0 Å². The maximum atomic E-state index is 10.8. The summed E-state index contributed by atoms with van der Waals surface area (Å²) in [6.45, 7) is 4.63. The third kappa shape index (κ3) is 13.9. The monoisotopic (exact) mass is 408 g/mol. The molecule has 0 heterocycles. The maximum absolute atomic E-state index is 10.8. The molecule has 0 saturated heterocycles. The molecule has 28 heavy (non-hydrogen) atoms. The number of rotatable bonds is 12. The predicted octanol–water partition coefficient (Wildman–Crippen LogP) is -1.61. The van der Waals surface area contributed by atoms with Gasteiger partial charge in [0, 0.05) is 24.2 Å². The second kappa shape index (κ2) is 13.8. The fraction of sp³-hybridized carbons (Fsp3) is 0.750. The van der Waals surface area contributed by atoms with Crippen LogP contribution in [0.4, 0.5) is 0 Å². The number of hydrogen-bond donors (Lipinski definition) is 6. The van der Waals surface area contributed by atoms with Crippen molar-refractivity contribution in [1.29, 1.82) is 0 Å². The van der Waals surface area contributed by atoms with E-state index in [4.69, 9.17) is 31.9 Å². The highest BCUT2D eigenvalue weighted by Gasteiger charge is 2.30. The number of nitrogens with zero attached hydrogens (tertiary/aromatic N) is 2. The summed E-state index contributed by atoms with van der Waals surface area (Å²) in [6, 6.07) is -1.09. The third-order valence-electron chi connectivity index (χ3n) is 4.03. The molecule has 0 bridgehead atoms. The smallest absolute Gasteiger partial charge is 0.317 e. The van der Waals surface area contributed by atoms with Crippen molar-refractivity contribution in [2.75, 3.05) is 26.2 Å². The minimum absolute atomic E-state index is 0.130. The molecule has 0 aromatic heterocycles. The standard InChI is InChI=1S/C12H20N2O8.C4H12N2/c1-7(13(3-9(15)16)4-10(17)18)8(2)14(5-11(19)20)6-12(21)22;1-3(5)4(2)6/h7-8H,3-6H2,1-2H3,(H,15,16)(H,17,18)(H,19,20)(H,21,22);3-4H,5-6H2,1-2H3. The van der Waals surface area contributed by atoms with Crippen LogP contribution in [0.5, 0.6) is 0 Å². The Labute approximate surface area is 163 Å². The molecule has 164 valence electrons. The fourth-order valence-electron chi connectivity index (χ4n) is 1.99. The van der Waals surface area contributed by atoms with Crippen LogP contribution in [0.2, 0.25) is 0 Å². The maximum Gasteiger partial charge on any atom is 0.317 e. The van der Waals surface area contributed by atoms with E-state index in [9.17, 15) is 19.2 Å². The SMILES string of the molecule is CC(C(C)N(CC(=O)O)CC(=O)O)N(CC(=O)O)CC(=O)O.CC(N)C(C)N. The van der Waals surface area contributed by atoms with Crippen molar-refractivity contribution in [2.24, 2.45) is 11.5 Å². The molecule has 0 aliphatic heterocycles. The third-order valence-corrected chi connectivity index (χ3v) is 4.03. The Morgan fingerprint density at radius 3 is 0.893 bits per heavy atom. The minimum Gasteiger partial charge on any atom is -0.480 e. The normalized spacial score (nSPS) is 15.1. The van der Waals surface area contributed by atoms with Gasteiger partial charge in [0.1, 0.15) is 0 Å². The number of nitrogens with two attached hydrogens (primary N) is 2. The van der Waals surface area contributed by atoms with E-state index in [1.165, 1.54) is 13.8 Å². The van der Waals surface area contributed by atoms with Crippen LogP contribution in [0.15, 0.2) is 0 Å². The highest BCUT2D eigenvalue weighted by Crippen LogP contribution is 2.11. The zero-order valence-corrected chi connectivity index (χ0v) is 16.6. The molecule has 0 aliphatic carbocycles. The van der Waals surface area contributed by atoms with Gasteiger partial charge in [0.15, 0.2) is 0 Å². The molecule has 4 unspecified atom stereocenters. The molecule has 12 heteroatoms. The minimum atomic E-state index is -1.23. The van der Waals surface area contributed by atoms with Gasteiger partial charge in [0.05, 0.1) is 26.2 Å². The average molecular weight is 408 g/mol. The van der Waals surface area contributed by atoms with Crippen molar-refractivity contribution < 1.29 is 39.6 Å². The number of aliphatic carboxylic acids is 4. The molecule has 0 aliphatic rings. The largest absolute Gasteiger partial charge is 0.480 e.